The van der Waals surface area contributed by atoms with Crippen molar-refractivity contribution < 1.29 is 0 Å². The highest BCUT2D eigenvalue weighted by Gasteiger charge is 2.08. The number of rotatable bonds is 7. The van der Waals surface area contributed by atoms with Gasteiger partial charge >= 0.3 is 0 Å². The summed E-state index contributed by atoms with van der Waals surface area (Å²) < 4.78 is 0. The Morgan fingerprint density at radius 2 is 1.56 bits per heavy atom. The molecule has 2 N–H and O–H groups in total. The van der Waals surface area contributed by atoms with Crippen molar-refractivity contribution in [3.63, 3.8) is 0 Å². The Morgan fingerprint density at radius 1 is 0.840 bits per heavy atom. The SMILES string of the molecule is CCCCNc1nc(Nc2ccc(C)cc2)nc(-c2ccccc2)n1. The van der Waals surface area contributed by atoms with Crippen LogP contribution in [0.1, 0.15) is 25.3 Å². The van der Waals surface area contributed by atoms with Crippen LogP contribution in [0, 0.1) is 6.92 Å². The van der Waals surface area contributed by atoms with Crippen molar-refractivity contribution in [3.8, 4) is 11.4 Å². The lowest BCUT2D eigenvalue weighted by Gasteiger charge is -2.10. The molecule has 0 amide bonds. The summed E-state index contributed by atoms with van der Waals surface area (Å²) in [7, 11) is 0. The zero-order chi connectivity index (χ0) is 17.5. The Balaban J connectivity index is 1.89. The summed E-state index contributed by atoms with van der Waals surface area (Å²) in [5.74, 6) is 1.79. The van der Waals surface area contributed by atoms with E-state index >= 15 is 0 Å². The van der Waals surface area contributed by atoms with E-state index in [9.17, 15) is 0 Å². The van der Waals surface area contributed by atoms with Crippen LogP contribution in [0.3, 0.4) is 0 Å². The third-order valence-electron chi connectivity index (χ3n) is 3.79. The molecule has 0 aliphatic rings. The Morgan fingerprint density at radius 3 is 2.28 bits per heavy atom. The van der Waals surface area contributed by atoms with Crippen LogP contribution in [-0.2, 0) is 0 Å². The van der Waals surface area contributed by atoms with Crippen molar-refractivity contribution in [3.05, 3.63) is 60.2 Å². The highest BCUT2D eigenvalue weighted by atomic mass is 15.2. The molecule has 5 nitrogen and oxygen atoms in total. The van der Waals surface area contributed by atoms with Gasteiger partial charge in [-0.15, -0.1) is 0 Å². The first-order valence-electron chi connectivity index (χ1n) is 8.63. The van der Waals surface area contributed by atoms with Crippen molar-refractivity contribution >= 4 is 17.6 Å². The number of benzene rings is 2. The first-order valence-corrected chi connectivity index (χ1v) is 8.63. The summed E-state index contributed by atoms with van der Waals surface area (Å²) in [4.78, 5) is 13.6. The summed E-state index contributed by atoms with van der Waals surface area (Å²) in [5, 5.41) is 6.56. The number of hydrogen-bond acceptors (Lipinski definition) is 5. The molecule has 0 atom stereocenters. The summed E-state index contributed by atoms with van der Waals surface area (Å²) in [5.41, 5.74) is 3.14. The highest BCUT2D eigenvalue weighted by molar-refractivity contribution is 5.61. The predicted molar refractivity (Wildman–Crippen MR) is 103 cm³/mol. The van der Waals surface area contributed by atoms with E-state index in [0.29, 0.717) is 17.7 Å². The molecule has 3 aromatic rings. The third kappa shape index (κ3) is 4.76. The second-order valence-corrected chi connectivity index (χ2v) is 5.94. The molecule has 128 valence electrons. The molecule has 25 heavy (non-hydrogen) atoms. The molecule has 0 aliphatic heterocycles. The Hall–Kier alpha value is -2.95. The lowest BCUT2D eigenvalue weighted by molar-refractivity contribution is 0.825. The van der Waals surface area contributed by atoms with Crippen LogP contribution in [0.25, 0.3) is 11.4 Å². The number of aromatic nitrogens is 3. The van der Waals surface area contributed by atoms with Crippen molar-refractivity contribution in [1.82, 2.24) is 15.0 Å². The van der Waals surface area contributed by atoms with Crippen LogP contribution in [0.4, 0.5) is 17.6 Å². The minimum absolute atomic E-state index is 0.539. The van der Waals surface area contributed by atoms with Gasteiger partial charge in [-0.3, -0.25) is 0 Å². The number of hydrogen-bond donors (Lipinski definition) is 2. The monoisotopic (exact) mass is 333 g/mol. The van der Waals surface area contributed by atoms with Gasteiger partial charge in [0.2, 0.25) is 11.9 Å². The van der Waals surface area contributed by atoms with Crippen LogP contribution in [-0.4, -0.2) is 21.5 Å². The van der Waals surface area contributed by atoms with Gasteiger partial charge in [-0.25, -0.2) is 0 Å². The van der Waals surface area contributed by atoms with E-state index in [1.54, 1.807) is 0 Å². The minimum atomic E-state index is 0.539. The predicted octanol–water partition coefficient (Wildman–Crippen LogP) is 4.80. The van der Waals surface area contributed by atoms with E-state index in [2.05, 4.69) is 51.6 Å². The largest absolute Gasteiger partial charge is 0.354 e. The number of anilines is 3. The lowest BCUT2D eigenvalue weighted by atomic mass is 10.2. The second-order valence-electron chi connectivity index (χ2n) is 5.94. The van der Waals surface area contributed by atoms with Crippen molar-refractivity contribution in [2.24, 2.45) is 0 Å². The third-order valence-corrected chi connectivity index (χ3v) is 3.79. The van der Waals surface area contributed by atoms with Crippen LogP contribution >= 0.6 is 0 Å². The van der Waals surface area contributed by atoms with Gasteiger partial charge in [0.05, 0.1) is 0 Å². The van der Waals surface area contributed by atoms with E-state index in [4.69, 9.17) is 0 Å². The molecule has 5 heteroatoms. The molecule has 1 heterocycles. The Labute approximate surface area is 148 Å². The maximum atomic E-state index is 4.58. The maximum absolute atomic E-state index is 4.58. The Kier molecular flexibility index (Phi) is 5.57. The molecule has 2 aromatic carbocycles. The number of aryl methyl sites for hydroxylation is 1. The second kappa shape index (κ2) is 8.24. The lowest BCUT2D eigenvalue weighted by Crippen LogP contribution is -2.09. The highest BCUT2D eigenvalue weighted by Crippen LogP contribution is 2.20. The van der Waals surface area contributed by atoms with Gasteiger partial charge in [0.1, 0.15) is 0 Å². The van der Waals surface area contributed by atoms with E-state index < -0.39 is 0 Å². The molecule has 0 saturated heterocycles. The van der Waals surface area contributed by atoms with Gasteiger partial charge in [0, 0.05) is 17.8 Å². The molecule has 0 radical (unpaired) electrons. The molecule has 0 spiro atoms. The first kappa shape index (κ1) is 16.9. The zero-order valence-corrected chi connectivity index (χ0v) is 14.7. The maximum Gasteiger partial charge on any atom is 0.232 e. The fraction of sp³-hybridized carbons (Fsp3) is 0.250. The van der Waals surface area contributed by atoms with Gasteiger partial charge < -0.3 is 10.6 Å². The topological polar surface area (TPSA) is 62.7 Å². The molecule has 0 unspecified atom stereocenters. The van der Waals surface area contributed by atoms with Crippen LogP contribution in [0.5, 0.6) is 0 Å². The molecule has 0 bridgehead atoms. The van der Waals surface area contributed by atoms with E-state index in [1.807, 2.05) is 42.5 Å². The summed E-state index contributed by atoms with van der Waals surface area (Å²) >= 11 is 0. The van der Waals surface area contributed by atoms with Crippen LogP contribution < -0.4 is 10.6 Å². The van der Waals surface area contributed by atoms with E-state index in [1.165, 1.54) is 5.56 Å². The van der Waals surface area contributed by atoms with Crippen LogP contribution in [0.2, 0.25) is 0 Å². The minimum Gasteiger partial charge on any atom is -0.354 e. The molecule has 1 aromatic heterocycles. The molecule has 0 fully saturated rings. The number of unbranched alkanes of at least 4 members (excludes halogenated alkanes) is 1. The van der Waals surface area contributed by atoms with Crippen LogP contribution in [0.15, 0.2) is 54.6 Å². The van der Waals surface area contributed by atoms with Gasteiger partial charge in [-0.05, 0) is 25.5 Å². The molecular weight excluding hydrogens is 310 g/mol. The first-order chi connectivity index (χ1) is 12.2. The average molecular weight is 333 g/mol. The Bertz CT molecular complexity index is 800. The molecule has 0 aliphatic carbocycles. The fourth-order valence-electron chi connectivity index (χ4n) is 2.37. The van der Waals surface area contributed by atoms with Gasteiger partial charge in [-0.1, -0.05) is 61.4 Å². The average Bonchev–Trinajstić information content (AvgIpc) is 2.64. The summed E-state index contributed by atoms with van der Waals surface area (Å²) in [6.07, 6.45) is 2.20. The van der Waals surface area contributed by atoms with Gasteiger partial charge in [-0.2, -0.15) is 15.0 Å². The van der Waals surface area contributed by atoms with E-state index in [-0.39, 0.29) is 0 Å². The summed E-state index contributed by atoms with van der Waals surface area (Å²) in [6, 6.07) is 18.1. The summed E-state index contributed by atoms with van der Waals surface area (Å²) in [6.45, 7) is 5.07. The zero-order valence-electron chi connectivity index (χ0n) is 14.7. The van der Waals surface area contributed by atoms with Gasteiger partial charge in [0.25, 0.3) is 0 Å². The number of nitrogens with one attached hydrogen (secondary N) is 2. The van der Waals surface area contributed by atoms with Crippen molar-refractivity contribution in [2.45, 2.75) is 26.7 Å². The van der Waals surface area contributed by atoms with Crippen molar-refractivity contribution in [2.75, 3.05) is 17.2 Å². The number of nitrogens with zero attached hydrogens (tertiary/aromatic N) is 3. The quantitative estimate of drug-likeness (QED) is 0.608. The molecular formula is C20H23N5. The normalized spacial score (nSPS) is 10.5. The fourth-order valence-corrected chi connectivity index (χ4v) is 2.37. The standard InChI is InChI=1S/C20H23N5/c1-3-4-14-21-19-23-18(16-8-6-5-7-9-16)24-20(25-19)22-17-12-10-15(2)11-13-17/h5-13H,3-4,14H2,1-2H3,(H2,21,22,23,24,25). The molecule has 0 saturated carbocycles. The van der Waals surface area contributed by atoms with Crippen molar-refractivity contribution in [1.29, 1.82) is 0 Å². The smallest absolute Gasteiger partial charge is 0.232 e. The molecule has 3 rings (SSSR count). The van der Waals surface area contributed by atoms with Gasteiger partial charge in [0.15, 0.2) is 5.82 Å². The van der Waals surface area contributed by atoms with E-state index in [0.717, 1.165) is 30.6 Å².